The third kappa shape index (κ3) is 5.18. The number of rotatable bonds is 7. The molecular formula is C29H36ClF2N3O3. The molecule has 1 aliphatic heterocycles. The van der Waals surface area contributed by atoms with Gasteiger partial charge in [0.15, 0.2) is 11.6 Å². The van der Waals surface area contributed by atoms with Gasteiger partial charge in [0.05, 0.1) is 17.1 Å². The number of aldehydes is 1. The number of carbonyl (C=O) groups excluding carboxylic acids is 2. The molecule has 4 unspecified atom stereocenters. The lowest BCUT2D eigenvalue weighted by Crippen LogP contribution is -2.57. The van der Waals surface area contributed by atoms with E-state index in [0.717, 1.165) is 12.4 Å². The van der Waals surface area contributed by atoms with E-state index in [9.17, 15) is 19.1 Å². The summed E-state index contributed by atoms with van der Waals surface area (Å²) in [6.45, 7) is 7.76. The fraction of sp³-hybridized carbons (Fsp3) is 0.517. The Kier molecular flexibility index (Phi) is 7.64. The molecule has 0 aromatic heterocycles. The lowest BCUT2D eigenvalue weighted by molar-refractivity contribution is -0.127. The van der Waals surface area contributed by atoms with Crippen molar-refractivity contribution in [2.75, 3.05) is 12.4 Å². The number of aliphatic hydroxyl groups is 1. The molecule has 4 atom stereocenters. The maximum Gasteiger partial charge on any atom is 0.238 e. The van der Waals surface area contributed by atoms with Gasteiger partial charge in [-0.25, -0.2) is 8.78 Å². The van der Waals surface area contributed by atoms with Crippen molar-refractivity contribution in [1.29, 1.82) is 0 Å². The van der Waals surface area contributed by atoms with Crippen molar-refractivity contribution in [3.05, 3.63) is 64.2 Å². The molecular weight excluding hydrogens is 512 g/mol. The first-order valence-corrected chi connectivity index (χ1v) is 13.3. The molecule has 9 heteroatoms. The van der Waals surface area contributed by atoms with Crippen molar-refractivity contribution in [3.63, 3.8) is 0 Å². The summed E-state index contributed by atoms with van der Waals surface area (Å²) < 4.78 is 30.1. The highest BCUT2D eigenvalue weighted by atomic mass is 35.5. The van der Waals surface area contributed by atoms with E-state index in [-0.39, 0.29) is 17.0 Å². The van der Waals surface area contributed by atoms with Crippen LogP contribution in [0.15, 0.2) is 36.4 Å². The second-order valence-corrected chi connectivity index (χ2v) is 12.6. The summed E-state index contributed by atoms with van der Waals surface area (Å²) in [4.78, 5) is 27.2. The molecule has 2 aromatic rings. The predicted octanol–water partition coefficient (Wildman–Crippen LogP) is 4.69. The molecule has 1 amide bonds. The summed E-state index contributed by atoms with van der Waals surface area (Å²) in [6.07, 6.45) is 2.01. The summed E-state index contributed by atoms with van der Waals surface area (Å²) in [5, 5.41) is 20.0. The van der Waals surface area contributed by atoms with Gasteiger partial charge in [0.25, 0.3) is 0 Å². The molecule has 1 saturated carbocycles. The second-order valence-electron chi connectivity index (χ2n) is 12.2. The fourth-order valence-electron chi connectivity index (χ4n) is 6.28. The standard InChI is InChI=1S/C29H36ClF2N3O3/c1-27(2,3)14-22-29(15-36,19-10-9-16(30)11-21(19)33-5)23(18-7-6-8-20(31)24(18)32)25(35-22)26(37)34-17-12-28(4,38)13-17/h6-11,15,17,22-23,25,33,35,38H,12-14H2,1-5H3,(H,34,37). The van der Waals surface area contributed by atoms with Crippen LogP contribution in [0.3, 0.4) is 0 Å². The van der Waals surface area contributed by atoms with Gasteiger partial charge >= 0.3 is 0 Å². The summed E-state index contributed by atoms with van der Waals surface area (Å²) in [5.41, 5.74) is -1.54. The maximum absolute atomic E-state index is 15.5. The molecule has 0 bridgehead atoms. The number of nitrogens with one attached hydrogen (secondary N) is 3. The summed E-state index contributed by atoms with van der Waals surface area (Å²) in [5.74, 6) is -3.65. The highest BCUT2D eigenvalue weighted by Crippen LogP contribution is 2.53. The van der Waals surface area contributed by atoms with Crippen LogP contribution in [0.5, 0.6) is 0 Å². The molecule has 206 valence electrons. The lowest BCUT2D eigenvalue weighted by Gasteiger charge is -2.42. The zero-order valence-corrected chi connectivity index (χ0v) is 23.1. The van der Waals surface area contributed by atoms with Crippen molar-refractivity contribution in [2.24, 2.45) is 5.41 Å². The maximum atomic E-state index is 15.5. The van der Waals surface area contributed by atoms with Gasteiger partial charge in [0, 0.05) is 35.8 Å². The molecule has 4 rings (SSSR count). The number of anilines is 1. The molecule has 2 fully saturated rings. The fourth-order valence-corrected chi connectivity index (χ4v) is 6.45. The molecule has 2 aromatic carbocycles. The first kappa shape index (κ1) is 28.5. The largest absolute Gasteiger partial charge is 0.390 e. The number of halogens is 3. The smallest absolute Gasteiger partial charge is 0.238 e. The van der Waals surface area contributed by atoms with Gasteiger partial charge < -0.3 is 25.9 Å². The molecule has 1 aliphatic carbocycles. The van der Waals surface area contributed by atoms with Crippen LogP contribution in [-0.4, -0.2) is 48.1 Å². The van der Waals surface area contributed by atoms with Crippen molar-refractivity contribution in [2.45, 2.75) is 82.0 Å². The summed E-state index contributed by atoms with van der Waals surface area (Å²) >= 11 is 6.28. The zero-order valence-electron chi connectivity index (χ0n) is 22.4. The van der Waals surface area contributed by atoms with E-state index in [1.165, 1.54) is 12.1 Å². The Morgan fingerprint density at radius 1 is 1.24 bits per heavy atom. The number of amides is 1. The minimum Gasteiger partial charge on any atom is -0.390 e. The highest BCUT2D eigenvalue weighted by Gasteiger charge is 2.60. The van der Waals surface area contributed by atoms with Gasteiger partial charge in [-0.15, -0.1) is 0 Å². The Morgan fingerprint density at radius 2 is 1.92 bits per heavy atom. The van der Waals surface area contributed by atoms with Gasteiger partial charge in [-0.3, -0.25) is 4.79 Å². The van der Waals surface area contributed by atoms with Crippen molar-refractivity contribution in [3.8, 4) is 0 Å². The third-order valence-corrected chi connectivity index (χ3v) is 8.09. The Balaban J connectivity index is 1.93. The van der Waals surface area contributed by atoms with Crippen LogP contribution >= 0.6 is 11.6 Å². The molecule has 0 radical (unpaired) electrons. The molecule has 0 spiro atoms. The average molecular weight is 548 g/mol. The van der Waals surface area contributed by atoms with E-state index in [4.69, 9.17) is 11.6 Å². The summed E-state index contributed by atoms with van der Waals surface area (Å²) in [7, 11) is 1.69. The van der Waals surface area contributed by atoms with Gasteiger partial charge in [0.1, 0.15) is 6.29 Å². The topological polar surface area (TPSA) is 90.5 Å². The van der Waals surface area contributed by atoms with E-state index in [2.05, 4.69) is 16.0 Å². The monoisotopic (exact) mass is 547 g/mol. The van der Waals surface area contributed by atoms with Crippen LogP contribution in [0.4, 0.5) is 14.5 Å². The molecule has 38 heavy (non-hydrogen) atoms. The van der Waals surface area contributed by atoms with Gasteiger partial charge in [-0.2, -0.15) is 0 Å². The molecule has 6 nitrogen and oxygen atoms in total. The normalized spacial score (nSPS) is 31.0. The lowest BCUT2D eigenvalue weighted by atomic mass is 9.62. The van der Waals surface area contributed by atoms with Crippen LogP contribution in [0.25, 0.3) is 0 Å². The Morgan fingerprint density at radius 3 is 2.50 bits per heavy atom. The molecule has 1 heterocycles. The van der Waals surface area contributed by atoms with E-state index in [1.807, 2.05) is 20.8 Å². The average Bonchev–Trinajstić information content (AvgIpc) is 3.12. The molecule has 1 saturated heterocycles. The van der Waals surface area contributed by atoms with Crippen LogP contribution < -0.4 is 16.0 Å². The van der Waals surface area contributed by atoms with Gasteiger partial charge in [-0.05, 0) is 60.9 Å². The van der Waals surface area contributed by atoms with Crippen LogP contribution in [0, 0.1) is 17.0 Å². The van der Waals surface area contributed by atoms with Crippen molar-refractivity contribution < 1.29 is 23.5 Å². The minimum absolute atomic E-state index is 0.0567. The predicted molar refractivity (Wildman–Crippen MR) is 144 cm³/mol. The zero-order chi connectivity index (χ0) is 28.0. The van der Waals surface area contributed by atoms with Crippen molar-refractivity contribution in [1.82, 2.24) is 10.6 Å². The van der Waals surface area contributed by atoms with E-state index in [1.54, 1.807) is 32.2 Å². The van der Waals surface area contributed by atoms with E-state index in [0.29, 0.717) is 35.5 Å². The number of hydrogen-bond acceptors (Lipinski definition) is 5. The van der Waals surface area contributed by atoms with E-state index < -0.39 is 46.6 Å². The van der Waals surface area contributed by atoms with Crippen LogP contribution in [0.2, 0.25) is 5.02 Å². The third-order valence-electron chi connectivity index (χ3n) is 7.85. The Labute approximate surface area is 227 Å². The SMILES string of the molecule is CNc1cc(Cl)ccc1C1(C=O)C(CC(C)(C)C)NC(C(=O)NC2CC(C)(O)C2)C1c1cccc(F)c1F. The van der Waals surface area contributed by atoms with Crippen molar-refractivity contribution >= 4 is 29.5 Å². The van der Waals surface area contributed by atoms with Crippen LogP contribution in [-0.2, 0) is 15.0 Å². The number of carbonyl (C=O) groups is 2. The van der Waals surface area contributed by atoms with Gasteiger partial charge in [0.2, 0.25) is 5.91 Å². The van der Waals surface area contributed by atoms with Gasteiger partial charge in [-0.1, -0.05) is 50.6 Å². The molecule has 4 N–H and O–H groups in total. The second kappa shape index (κ2) is 10.2. The Hall–Kier alpha value is -2.55. The van der Waals surface area contributed by atoms with E-state index >= 15 is 4.39 Å². The Bertz CT molecular complexity index is 1220. The molecule has 2 aliphatic rings. The minimum atomic E-state index is -1.45. The summed E-state index contributed by atoms with van der Waals surface area (Å²) in [6, 6.07) is 6.99. The first-order valence-electron chi connectivity index (χ1n) is 12.9. The quantitative estimate of drug-likeness (QED) is 0.378. The number of benzene rings is 2. The highest BCUT2D eigenvalue weighted by molar-refractivity contribution is 6.30. The number of hydrogen-bond donors (Lipinski definition) is 4. The first-order chi connectivity index (χ1) is 17.7. The van der Waals surface area contributed by atoms with Crippen LogP contribution in [0.1, 0.15) is 64.0 Å².